The number of carbonyl (C=O) groups excluding carboxylic acids is 1. The van der Waals surface area contributed by atoms with Crippen LogP contribution < -0.4 is 0 Å². The highest BCUT2D eigenvalue weighted by Crippen LogP contribution is 2.30. The Morgan fingerprint density at radius 2 is 2.25 bits per heavy atom. The van der Waals surface area contributed by atoms with Crippen molar-refractivity contribution in [1.82, 2.24) is 4.98 Å². The third-order valence-corrected chi connectivity index (χ3v) is 3.92. The van der Waals surface area contributed by atoms with Crippen LogP contribution in [0, 0.1) is 5.92 Å². The Labute approximate surface area is 125 Å². The zero-order valence-corrected chi connectivity index (χ0v) is 12.6. The van der Waals surface area contributed by atoms with Gasteiger partial charge in [0, 0.05) is 19.4 Å². The predicted octanol–water partition coefficient (Wildman–Crippen LogP) is 2.83. The Hall–Kier alpha value is -1.07. The van der Waals surface area contributed by atoms with Gasteiger partial charge in [-0.1, -0.05) is 6.07 Å². The van der Waals surface area contributed by atoms with Crippen molar-refractivity contribution in [3.8, 4) is 0 Å². The van der Waals surface area contributed by atoms with Crippen LogP contribution in [0.3, 0.4) is 0 Å². The van der Waals surface area contributed by atoms with E-state index in [-0.39, 0.29) is 11.9 Å². The molecule has 5 heteroatoms. The van der Waals surface area contributed by atoms with Crippen molar-refractivity contribution in [3.05, 3.63) is 23.9 Å². The number of carbonyl (C=O) groups is 1. The third kappa shape index (κ3) is 4.21. The molecule has 0 aliphatic carbocycles. The van der Waals surface area contributed by atoms with Crippen LogP contribution >= 0.6 is 12.6 Å². The van der Waals surface area contributed by atoms with E-state index in [1.165, 1.54) is 0 Å². The summed E-state index contributed by atoms with van der Waals surface area (Å²) in [7, 11) is 0. The van der Waals surface area contributed by atoms with E-state index in [1.54, 1.807) is 6.20 Å². The molecule has 0 N–H and O–H groups in total. The molecule has 0 aromatic carbocycles. The lowest BCUT2D eigenvalue weighted by molar-refractivity contribution is -0.145. The van der Waals surface area contributed by atoms with E-state index in [9.17, 15) is 4.79 Å². The first-order valence-corrected chi connectivity index (χ1v) is 7.54. The normalized spacial score (nSPS) is 17.7. The van der Waals surface area contributed by atoms with Crippen LogP contribution in [0.4, 0.5) is 0 Å². The molecule has 1 unspecified atom stereocenters. The molecule has 1 aromatic rings. The van der Waals surface area contributed by atoms with Crippen LogP contribution in [0.15, 0.2) is 23.4 Å². The first-order valence-electron chi connectivity index (χ1n) is 7.10. The number of nitrogens with zero attached hydrogens (tertiary/aromatic N) is 1. The largest absolute Gasteiger partial charge is 0.466 e. The van der Waals surface area contributed by atoms with Crippen LogP contribution in [0.25, 0.3) is 0 Å². The monoisotopic (exact) mass is 295 g/mol. The maximum Gasteiger partial charge on any atom is 0.313 e. The van der Waals surface area contributed by atoms with E-state index >= 15 is 0 Å². The van der Waals surface area contributed by atoms with Crippen molar-refractivity contribution in [2.45, 2.75) is 37.1 Å². The molecule has 0 amide bonds. The second-order valence-corrected chi connectivity index (χ2v) is 5.50. The number of rotatable bonds is 5. The van der Waals surface area contributed by atoms with E-state index < -0.39 is 0 Å². The fourth-order valence-electron chi connectivity index (χ4n) is 2.53. The molecule has 1 fully saturated rings. The molecule has 0 bridgehead atoms. The zero-order chi connectivity index (χ0) is 14.4. The van der Waals surface area contributed by atoms with Gasteiger partial charge in [0.1, 0.15) is 0 Å². The summed E-state index contributed by atoms with van der Waals surface area (Å²) in [6.45, 7) is 3.81. The topological polar surface area (TPSA) is 48.4 Å². The van der Waals surface area contributed by atoms with Gasteiger partial charge in [-0.15, -0.1) is 12.6 Å². The number of hydrogen-bond donors (Lipinski definition) is 1. The third-order valence-electron chi connectivity index (χ3n) is 3.65. The van der Waals surface area contributed by atoms with Gasteiger partial charge in [0.15, 0.2) is 0 Å². The molecule has 0 saturated carbocycles. The summed E-state index contributed by atoms with van der Waals surface area (Å²) in [6.07, 6.45) is 4.54. The van der Waals surface area contributed by atoms with E-state index in [0.717, 1.165) is 38.0 Å². The highest BCUT2D eigenvalue weighted by atomic mass is 32.1. The number of thiol groups is 1. The van der Waals surface area contributed by atoms with Crippen molar-refractivity contribution in [3.63, 3.8) is 0 Å². The van der Waals surface area contributed by atoms with E-state index in [0.29, 0.717) is 17.6 Å². The Kier molecular flexibility index (Phi) is 5.86. The van der Waals surface area contributed by atoms with Gasteiger partial charge >= 0.3 is 5.97 Å². The average molecular weight is 295 g/mol. The molecule has 2 heterocycles. The highest BCUT2D eigenvalue weighted by molar-refractivity contribution is 7.80. The van der Waals surface area contributed by atoms with E-state index in [1.807, 2.05) is 19.1 Å². The quantitative estimate of drug-likeness (QED) is 0.670. The second-order valence-electron chi connectivity index (χ2n) is 5.05. The van der Waals surface area contributed by atoms with Crippen LogP contribution in [0.5, 0.6) is 0 Å². The maximum atomic E-state index is 12.2. The lowest BCUT2D eigenvalue weighted by Crippen LogP contribution is -2.23. The predicted molar refractivity (Wildman–Crippen MR) is 79.0 cm³/mol. The summed E-state index contributed by atoms with van der Waals surface area (Å²) in [5.41, 5.74) is 0.910. The molecule has 1 aliphatic rings. The minimum absolute atomic E-state index is 0.160. The summed E-state index contributed by atoms with van der Waals surface area (Å²) >= 11 is 4.18. The van der Waals surface area contributed by atoms with Gasteiger partial charge in [0.2, 0.25) is 0 Å². The second kappa shape index (κ2) is 7.64. The fraction of sp³-hybridized carbons (Fsp3) is 0.600. The Morgan fingerprint density at radius 3 is 2.85 bits per heavy atom. The minimum Gasteiger partial charge on any atom is -0.466 e. The smallest absolute Gasteiger partial charge is 0.313 e. The number of hydrogen-bond acceptors (Lipinski definition) is 5. The van der Waals surface area contributed by atoms with Crippen LogP contribution in [0.2, 0.25) is 0 Å². The van der Waals surface area contributed by atoms with Gasteiger partial charge in [-0.05, 0) is 43.7 Å². The van der Waals surface area contributed by atoms with Gasteiger partial charge in [-0.2, -0.15) is 0 Å². The van der Waals surface area contributed by atoms with Crippen molar-refractivity contribution >= 4 is 18.6 Å². The van der Waals surface area contributed by atoms with Crippen LogP contribution in [-0.4, -0.2) is 30.8 Å². The summed E-state index contributed by atoms with van der Waals surface area (Å²) in [5.74, 6) is 0.112. The van der Waals surface area contributed by atoms with Crippen molar-refractivity contribution in [2.24, 2.45) is 5.92 Å². The zero-order valence-electron chi connectivity index (χ0n) is 11.7. The average Bonchev–Trinajstić information content (AvgIpc) is 2.47. The molecule has 0 spiro atoms. The van der Waals surface area contributed by atoms with Gasteiger partial charge in [0.05, 0.1) is 17.6 Å². The molecular formula is C15H21NO3S. The van der Waals surface area contributed by atoms with Gasteiger partial charge in [-0.3, -0.25) is 4.79 Å². The van der Waals surface area contributed by atoms with Crippen LogP contribution in [0.1, 0.15) is 37.7 Å². The molecule has 2 rings (SSSR count). The molecule has 4 nitrogen and oxygen atoms in total. The van der Waals surface area contributed by atoms with E-state index in [4.69, 9.17) is 9.47 Å². The molecular weight excluding hydrogens is 274 g/mol. The molecule has 110 valence electrons. The summed E-state index contributed by atoms with van der Waals surface area (Å²) in [5, 5.41) is 0.655. The van der Waals surface area contributed by atoms with Gasteiger partial charge < -0.3 is 9.47 Å². The van der Waals surface area contributed by atoms with Crippen molar-refractivity contribution in [1.29, 1.82) is 0 Å². The number of pyridine rings is 1. The Morgan fingerprint density at radius 1 is 1.50 bits per heavy atom. The molecule has 1 saturated heterocycles. The Balaban J connectivity index is 2.10. The SMILES string of the molecule is CCOC(=O)C(CC1CCOCC1)c1ccc(S)nc1. The van der Waals surface area contributed by atoms with Crippen molar-refractivity contribution in [2.75, 3.05) is 19.8 Å². The molecule has 0 radical (unpaired) electrons. The highest BCUT2D eigenvalue weighted by Gasteiger charge is 2.27. The first kappa shape index (κ1) is 15.3. The molecule has 1 atom stereocenters. The summed E-state index contributed by atoms with van der Waals surface area (Å²) in [6, 6.07) is 3.73. The first-order chi connectivity index (χ1) is 9.70. The number of esters is 1. The maximum absolute atomic E-state index is 12.2. The molecule has 20 heavy (non-hydrogen) atoms. The lowest BCUT2D eigenvalue weighted by Gasteiger charge is -2.25. The van der Waals surface area contributed by atoms with Crippen molar-refractivity contribution < 1.29 is 14.3 Å². The summed E-state index contributed by atoms with van der Waals surface area (Å²) in [4.78, 5) is 16.4. The number of ether oxygens (including phenoxy) is 2. The van der Waals surface area contributed by atoms with Gasteiger partial charge in [-0.25, -0.2) is 4.98 Å². The van der Waals surface area contributed by atoms with Gasteiger partial charge in [0.25, 0.3) is 0 Å². The molecule has 1 aliphatic heterocycles. The molecule has 1 aromatic heterocycles. The summed E-state index contributed by atoms with van der Waals surface area (Å²) < 4.78 is 10.6. The lowest BCUT2D eigenvalue weighted by atomic mass is 9.85. The Bertz CT molecular complexity index is 429. The fourth-order valence-corrected chi connectivity index (χ4v) is 2.66. The minimum atomic E-state index is -0.237. The van der Waals surface area contributed by atoms with E-state index in [2.05, 4.69) is 17.6 Å². The van der Waals surface area contributed by atoms with Crippen LogP contribution in [-0.2, 0) is 14.3 Å². The standard InChI is InChI=1S/C15H21NO3S/c1-2-19-15(17)13(9-11-5-7-18-8-6-11)12-3-4-14(20)16-10-12/h3-4,10-11,13H,2,5-9H2,1H3,(H,16,20). The number of aromatic nitrogens is 1.